The molecule has 4 nitrogen and oxygen atoms in total. The van der Waals surface area contributed by atoms with Crippen molar-refractivity contribution in [2.75, 3.05) is 5.73 Å². The Hall–Kier alpha value is -3.33. The number of nitrogens with one attached hydrogen (secondary N) is 1. The summed E-state index contributed by atoms with van der Waals surface area (Å²) in [5, 5.41) is 7.71. The topological polar surface area (TPSA) is 55.9 Å². The number of nitrogen functional groups attached to an aromatic ring is 1. The molecule has 0 fully saturated rings. The molecule has 2 aromatic carbocycles. The molecule has 1 aliphatic heterocycles. The Bertz CT molecular complexity index is 1410. The third-order valence-electron chi connectivity index (χ3n) is 5.96. The number of nitrogens with zero attached hydrogens (tertiary/aromatic N) is 2. The number of anilines is 1. The van der Waals surface area contributed by atoms with Crippen molar-refractivity contribution in [1.82, 2.24) is 15.1 Å². The van der Waals surface area contributed by atoms with E-state index in [-0.39, 0.29) is 34.1 Å². The van der Waals surface area contributed by atoms with Crippen LogP contribution >= 0.6 is 11.6 Å². The molecule has 36 heavy (non-hydrogen) atoms. The van der Waals surface area contributed by atoms with Gasteiger partial charge in [0.15, 0.2) is 5.82 Å². The minimum absolute atomic E-state index is 0.107. The molecule has 0 saturated heterocycles. The molecule has 1 aromatic heterocycles. The van der Waals surface area contributed by atoms with Crippen LogP contribution in [0.1, 0.15) is 31.9 Å². The van der Waals surface area contributed by atoms with Gasteiger partial charge >= 0.3 is 6.18 Å². The first kappa shape index (κ1) is 25.8. The molecule has 4 rings (SSSR count). The van der Waals surface area contributed by atoms with E-state index in [4.69, 9.17) is 17.3 Å². The van der Waals surface area contributed by atoms with Gasteiger partial charge in [-0.1, -0.05) is 36.2 Å². The van der Waals surface area contributed by atoms with Crippen LogP contribution in [0.3, 0.4) is 0 Å². The maximum absolute atomic E-state index is 13.8. The molecule has 3 aromatic rings. The van der Waals surface area contributed by atoms with Gasteiger partial charge in [-0.05, 0) is 50.1 Å². The molecule has 10 heteroatoms. The Morgan fingerprint density at radius 3 is 2.39 bits per heavy atom. The standard InChI is InChI=1S/C26H24ClF5N4/c1-13(2)21-7-5-18(23(34-21)14(3)8-15-9-16(28)11-17(29)10-15)19-4-6-20(27)22-24(19)36(35-25(22)33)12-26(30,31)32/h4-7,9-11,14,34H,8,12H2,1-3H3,(H2,33,35)/t14-/m0/s1. The van der Waals surface area contributed by atoms with Gasteiger partial charge in [0.25, 0.3) is 0 Å². The molecular weight excluding hydrogens is 499 g/mol. The average molecular weight is 523 g/mol. The molecule has 0 saturated carbocycles. The van der Waals surface area contributed by atoms with Gasteiger partial charge in [-0.3, -0.25) is 4.68 Å². The Morgan fingerprint density at radius 1 is 1.11 bits per heavy atom. The number of benzene rings is 2. The van der Waals surface area contributed by atoms with Crippen LogP contribution < -0.4 is 11.1 Å². The van der Waals surface area contributed by atoms with E-state index in [0.717, 1.165) is 22.0 Å². The molecule has 0 unspecified atom stereocenters. The van der Waals surface area contributed by atoms with Crippen LogP contribution in [0.5, 0.6) is 0 Å². The summed E-state index contributed by atoms with van der Waals surface area (Å²) in [5.41, 5.74) is 10.1. The predicted molar refractivity (Wildman–Crippen MR) is 132 cm³/mol. The number of aromatic nitrogens is 2. The van der Waals surface area contributed by atoms with Gasteiger partial charge in [0.2, 0.25) is 0 Å². The van der Waals surface area contributed by atoms with Crippen molar-refractivity contribution in [2.45, 2.75) is 39.9 Å². The minimum atomic E-state index is -4.53. The van der Waals surface area contributed by atoms with Crippen LogP contribution in [-0.2, 0) is 13.0 Å². The van der Waals surface area contributed by atoms with E-state index >= 15 is 0 Å². The van der Waals surface area contributed by atoms with Crippen LogP contribution in [0.25, 0.3) is 16.5 Å². The number of halogens is 6. The van der Waals surface area contributed by atoms with Gasteiger partial charge in [-0.25, -0.2) is 8.78 Å². The van der Waals surface area contributed by atoms with Gasteiger partial charge < -0.3 is 11.1 Å². The lowest BCUT2D eigenvalue weighted by molar-refractivity contribution is -0.141. The minimum Gasteiger partial charge on any atom is -0.382 e. The summed E-state index contributed by atoms with van der Waals surface area (Å²) in [5.74, 6) is -1.76. The number of dihydropyridines is 1. The second-order valence-electron chi connectivity index (χ2n) is 9.06. The van der Waals surface area contributed by atoms with Crippen LogP contribution in [0.15, 0.2) is 59.5 Å². The molecule has 0 amide bonds. The zero-order chi connectivity index (χ0) is 26.4. The van der Waals surface area contributed by atoms with Crippen molar-refractivity contribution < 1.29 is 22.0 Å². The fourth-order valence-electron chi connectivity index (χ4n) is 4.42. The number of fused-ring (bicyclic) bond motifs is 1. The third-order valence-corrected chi connectivity index (χ3v) is 6.28. The second-order valence-corrected chi connectivity index (χ2v) is 9.47. The Balaban J connectivity index is 1.92. The highest BCUT2D eigenvalue weighted by molar-refractivity contribution is 6.36. The monoisotopic (exact) mass is 522 g/mol. The lowest BCUT2D eigenvalue weighted by atomic mass is 9.88. The summed E-state index contributed by atoms with van der Waals surface area (Å²) >= 11 is 6.32. The number of allylic oxidation sites excluding steroid dienone is 5. The second kappa shape index (κ2) is 9.61. The molecule has 0 spiro atoms. The summed E-state index contributed by atoms with van der Waals surface area (Å²) in [6.07, 6.45) is -0.616. The lowest BCUT2D eigenvalue weighted by Gasteiger charge is -2.27. The number of rotatable bonds is 5. The normalized spacial score (nSPS) is 15.0. The van der Waals surface area contributed by atoms with Crippen molar-refractivity contribution >= 4 is 33.9 Å². The van der Waals surface area contributed by atoms with E-state index < -0.39 is 24.4 Å². The lowest BCUT2D eigenvalue weighted by Crippen LogP contribution is -2.24. The SMILES string of the molecule is CC(C)=C1C=CC(c2ccc(Cl)c3c(N)nn(CC(F)(F)F)c23)=C([C@@H](C)Cc2cc(F)cc(F)c2)N1. The summed E-state index contributed by atoms with van der Waals surface area (Å²) in [6.45, 7) is 4.37. The van der Waals surface area contributed by atoms with Gasteiger partial charge in [-0.2, -0.15) is 18.3 Å². The smallest absolute Gasteiger partial charge is 0.382 e. The average Bonchev–Trinajstić information content (AvgIpc) is 3.08. The van der Waals surface area contributed by atoms with Crippen molar-refractivity contribution in [3.05, 3.63) is 87.2 Å². The first-order valence-corrected chi connectivity index (χ1v) is 11.5. The molecule has 0 bridgehead atoms. The highest BCUT2D eigenvalue weighted by Gasteiger charge is 2.31. The van der Waals surface area contributed by atoms with Gasteiger partial charge in [0.05, 0.1) is 15.9 Å². The molecule has 1 aliphatic rings. The first-order valence-electron chi connectivity index (χ1n) is 11.2. The molecule has 1 atom stereocenters. The Kier molecular flexibility index (Phi) is 6.88. The van der Waals surface area contributed by atoms with E-state index in [2.05, 4.69) is 10.4 Å². The molecule has 0 aliphatic carbocycles. The van der Waals surface area contributed by atoms with Crippen LogP contribution in [0.2, 0.25) is 5.02 Å². The molecule has 190 valence electrons. The molecule has 0 radical (unpaired) electrons. The van der Waals surface area contributed by atoms with Crippen molar-refractivity contribution in [3.8, 4) is 0 Å². The van der Waals surface area contributed by atoms with Crippen LogP contribution in [-0.4, -0.2) is 16.0 Å². The Labute approximate surface area is 209 Å². The molecule has 2 heterocycles. The van der Waals surface area contributed by atoms with Gasteiger partial charge in [0.1, 0.15) is 18.2 Å². The van der Waals surface area contributed by atoms with E-state index in [0.29, 0.717) is 22.4 Å². The zero-order valence-electron chi connectivity index (χ0n) is 19.8. The first-order chi connectivity index (χ1) is 16.8. The largest absolute Gasteiger partial charge is 0.408 e. The Morgan fingerprint density at radius 2 is 1.78 bits per heavy atom. The summed E-state index contributed by atoms with van der Waals surface area (Å²) in [7, 11) is 0. The van der Waals surface area contributed by atoms with Gasteiger partial charge in [0, 0.05) is 34.5 Å². The number of hydrogen-bond donors (Lipinski definition) is 2. The van der Waals surface area contributed by atoms with E-state index in [1.54, 1.807) is 18.2 Å². The van der Waals surface area contributed by atoms with E-state index in [1.165, 1.54) is 12.1 Å². The third kappa shape index (κ3) is 5.26. The number of nitrogens with two attached hydrogens (primary N) is 1. The summed E-state index contributed by atoms with van der Waals surface area (Å²) < 4.78 is 68.5. The molecular formula is C26H24ClF5N4. The highest BCUT2D eigenvalue weighted by atomic mass is 35.5. The maximum Gasteiger partial charge on any atom is 0.408 e. The zero-order valence-corrected chi connectivity index (χ0v) is 20.5. The van der Waals surface area contributed by atoms with E-state index in [9.17, 15) is 22.0 Å². The molecule has 3 N–H and O–H groups in total. The predicted octanol–water partition coefficient (Wildman–Crippen LogP) is 7.16. The van der Waals surface area contributed by atoms with Crippen LogP contribution in [0.4, 0.5) is 27.8 Å². The van der Waals surface area contributed by atoms with Gasteiger partial charge in [-0.15, -0.1) is 0 Å². The summed E-state index contributed by atoms with van der Waals surface area (Å²) in [4.78, 5) is 0. The fraction of sp³-hybridized carbons (Fsp3) is 0.269. The quantitative estimate of drug-likeness (QED) is 0.350. The number of hydrogen-bond acceptors (Lipinski definition) is 3. The van der Waals surface area contributed by atoms with Crippen molar-refractivity contribution in [1.29, 1.82) is 0 Å². The van der Waals surface area contributed by atoms with Crippen molar-refractivity contribution in [2.24, 2.45) is 5.92 Å². The van der Waals surface area contributed by atoms with Crippen LogP contribution in [0, 0.1) is 17.6 Å². The maximum atomic E-state index is 13.8. The van der Waals surface area contributed by atoms with Crippen molar-refractivity contribution in [3.63, 3.8) is 0 Å². The number of alkyl halides is 3. The van der Waals surface area contributed by atoms with E-state index in [1.807, 2.05) is 26.8 Å². The summed E-state index contributed by atoms with van der Waals surface area (Å²) in [6, 6.07) is 6.52. The highest BCUT2D eigenvalue weighted by Crippen LogP contribution is 2.39. The fourth-order valence-corrected chi connectivity index (χ4v) is 4.67.